The zero-order valence-electron chi connectivity index (χ0n) is 12.6. The van der Waals surface area contributed by atoms with Gasteiger partial charge in [-0.25, -0.2) is 4.98 Å². The van der Waals surface area contributed by atoms with Crippen LogP contribution in [-0.2, 0) is 0 Å². The lowest BCUT2D eigenvalue weighted by Gasteiger charge is -2.20. The van der Waals surface area contributed by atoms with Crippen molar-refractivity contribution in [2.45, 2.75) is 12.5 Å². The Bertz CT molecular complexity index is 666. The molecule has 114 valence electrons. The molecule has 2 aromatic rings. The Morgan fingerprint density at radius 1 is 1.27 bits per heavy atom. The van der Waals surface area contributed by atoms with Crippen molar-refractivity contribution in [1.29, 1.82) is 0 Å². The van der Waals surface area contributed by atoms with Gasteiger partial charge in [-0.1, -0.05) is 12.1 Å². The SMILES string of the molecule is CN1CC[C@H]2CN(C(=O)c3ccc(-c4cnco4)cc3)C[C@H]21. The van der Waals surface area contributed by atoms with Crippen LogP contribution in [0.4, 0.5) is 0 Å². The van der Waals surface area contributed by atoms with Crippen molar-refractivity contribution in [2.24, 2.45) is 5.92 Å². The minimum Gasteiger partial charge on any atom is -0.444 e. The van der Waals surface area contributed by atoms with Crippen LogP contribution in [0.5, 0.6) is 0 Å². The Morgan fingerprint density at radius 3 is 2.77 bits per heavy atom. The van der Waals surface area contributed by atoms with Gasteiger partial charge in [-0.15, -0.1) is 0 Å². The van der Waals surface area contributed by atoms with Gasteiger partial charge >= 0.3 is 0 Å². The van der Waals surface area contributed by atoms with Crippen LogP contribution < -0.4 is 0 Å². The van der Waals surface area contributed by atoms with Crippen molar-refractivity contribution in [3.8, 4) is 11.3 Å². The second-order valence-electron chi connectivity index (χ2n) is 6.25. The number of oxazole rings is 1. The Hall–Kier alpha value is -2.14. The Balaban J connectivity index is 1.49. The van der Waals surface area contributed by atoms with E-state index < -0.39 is 0 Å². The summed E-state index contributed by atoms with van der Waals surface area (Å²) >= 11 is 0. The van der Waals surface area contributed by atoms with Gasteiger partial charge in [0.05, 0.1) is 6.20 Å². The molecular weight excluding hydrogens is 278 g/mol. The predicted molar refractivity (Wildman–Crippen MR) is 82.4 cm³/mol. The monoisotopic (exact) mass is 297 g/mol. The fraction of sp³-hybridized carbons (Fsp3) is 0.412. The number of hydrogen-bond acceptors (Lipinski definition) is 4. The van der Waals surface area contributed by atoms with Gasteiger partial charge in [-0.2, -0.15) is 0 Å². The highest BCUT2D eigenvalue weighted by atomic mass is 16.3. The number of nitrogens with zero attached hydrogens (tertiary/aromatic N) is 3. The molecule has 0 spiro atoms. The first-order valence-corrected chi connectivity index (χ1v) is 7.71. The van der Waals surface area contributed by atoms with Crippen molar-refractivity contribution in [3.05, 3.63) is 42.4 Å². The van der Waals surface area contributed by atoms with Gasteiger partial charge < -0.3 is 14.2 Å². The fourth-order valence-corrected chi connectivity index (χ4v) is 3.66. The van der Waals surface area contributed by atoms with E-state index in [0.29, 0.717) is 12.0 Å². The van der Waals surface area contributed by atoms with Crippen LogP contribution >= 0.6 is 0 Å². The Labute approximate surface area is 129 Å². The average molecular weight is 297 g/mol. The summed E-state index contributed by atoms with van der Waals surface area (Å²) in [7, 11) is 2.16. The van der Waals surface area contributed by atoms with Gasteiger partial charge in [-0.05, 0) is 38.1 Å². The minimum absolute atomic E-state index is 0.131. The first-order valence-electron chi connectivity index (χ1n) is 7.71. The molecule has 1 aromatic carbocycles. The normalized spacial score (nSPS) is 24.7. The molecule has 4 rings (SSSR count). The van der Waals surface area contributed by atoms with Crippen LogP contribution in [0.1, 0.15) is 16.8 Å². The number of rotatable bonds is 2. The van der Waals surface area contributed by atoms with E-state index in [1.54, 1.807) is 6.20 Å². The molecular formula is C17H19N3O2. The van der Waals surface area contributed by atoms with E-state index >= 15 is 0 Å². The first-order chi connectivity index (χ1) is 10.7. The summed E-state index contributed by atoms with van der Waals surface area (Å²) < 4.78 is 5.27. The molecule has 3 heterocycles. The van der Waals surface area contributed by atoms with Crippen LogP contribution in [0.25, 0.3) is 11.3 Å². The molecule has 1 amide bonds. The highest BCUT2D eigenvalue weighted by Crippen LogP contribution is 2.31. The third kappa shape index (κ3) is 2.22. The van der Waals surface area contributed by atoms with E-state index in [0.717, 1.165) is 36.5 Å². The van der Waals surface area contributed by atoms with Crippen LogP contribution in [-0.4, -0.2) is 53.4 Å². The van der Waals surface area contributed by atoms with Gasteiger partial charge in [0.25, 0.3) is 5.91 Å². The van der Waals surface area contributed by atoms with Crippen molar-refractivity contribution < 1.29 is 9.21 Å². The van der Waals surface area contributed by atoms with Gasteiger partial charge in [-0.3, -0.25) is 4.79 Å². The molecule has 0 bridgehead atoms. The van der Waals surface area contributed by atoms with E-state index in [2.05, 4.69) is 16.9 Å². The lowest BCUT2D eigenvalue weighted by Crippen LogP contribution is -2.35. The fourth-order valence-electron chi connectivity index (χ4n) is 3.66. The molecule has 0 aliphatic carbocycles. The summed E-state index contributed by atoms with van der Waals surface area (Å²) in [6, 6.07) is 8.11. The zero-order chi connectivity index (χ0) is 15.1. The Morgan fingerprint density at radius 2 is 2.09 bits per heavy atom. The molecule has 0 unspecified atom stereocenters. The molecule has 5 heteroatoms. The number of amides is 1. The first kappa shape index (κ1) is 13.5. The summed E-state index contributed by atoms with van der Waals surface area (Å²) in [5.74, 6) is 1.49. The lowest BCUT2D eigenvalue weighted by molar-refractivity contribution is 0.0774. The second kappa shape index (κ2) is 5.25. The maximum absolute atomic E-state index is 12.7. The van der Waals surface area contributed by atoms with Crippen LogP contribution in [0.2, 0.25) is 0 Å². The summed E-state index contributed by atoms with van der Waals surface area (Å²) in [4.78, 5) is 20.9. The molecule has 0 saturated carbocycles. The number of carbonyl (C=O) groups excluding carboxylic acids is 1. The highest BCUT2D eigenvalue weighted by molar-refractivity contribution is 5.94. The largest absolute Gasteiger partial charge is 0.444 e. The van der Waals surface area contributed by atoms with Crippen molar-refractivity contribution in [2.75, 3.05) is 26.7 Å². The average Bonchev–Trinajstić information content (AvgIpc) is 3.26. The number of carbonyl (C=O) groups is 1. The highest BCUT2D eigenvalue weighted by Gasteiger charge is 2.41. The molecule has 2 aliphatic rings. The van der Waals surface area contributed by atoms with Crippen molar-refractivity contribution in [1.82, 2.24) is 14.8 Å². The van der Waals surface area contributed by atoms with E-state index in [1.165, 1.54) is 12.8 Å². The van der Waals surface area contributed by atoms with Crippen LogP contribution in [0.3, 0.4) is 0 Å². The molecule has 0 radical (unpaired) electrons. The number of likely N-dealkylation sites (tertiary alicyclic amines) is 2. The Kier molecular flexibility index (Phi) is 3.22. The van der Waals surface area contributed by atoms with Crippen LogP contribution in [0, 0.1) is 5.92 Å². The number of fused-ring (bicyclic) bond motifs is 1. The third-order valence-electron chi connectivity index (χ3n) is 4.96. The second-order valence-corrected chi connectivity index (χ2v) is 6.25. The molecule has 2 aliphatic heterocycles. The topological polar surface area (TPSA) is 49.6 Å². The van der Waals surface area contributed by atoms with Gasteiger partial charge in [0.15, 0.2) is 12.2 Å². The summed E-state index contributed by atoms with van der Waals surface area (Å²) in [6.07, 6.45) is 4.29. The van der Waals surface area contributed by atoms with E-state index in [-0.39, 0.29) is 5.91 Å². The summed E-state index contributed by atoms with van der Waals surface area (Å²) in [5, 5.41) is 0. The quantitative estimate of drug-likeness (QED) is 0.852. The number of benzene rings is 1. The standard InChI is InChI=1S/C17H19N3O2/c1-19-7-6-14-9-20(10-15(14)19)17(21)13-4-2-12(3-5-13)16-8-18-11-22-16/h2-5,8,11,14-15H,6-7,9-10H2,1H3/t14-,15+/m0/s1. The number of aromatic nitrogens is 1. The molecule has 22 heavy (non-hydrogen) atoms. The van der Waals surface area contributed by atoms with Gasteiger partial charge in [0.2, 0.25) is 0 Å². The number of hydrogen-bond donors (Lipinski definition) is 0. The maximum Gasteiger partial charge on any atom is 0.253 e. The van der Waals surface area contributed by atoms with Gasteiger partial charge in [0, 0.05) is 30.3 Å². The third-order valence-corrected chi connectivity index (χ3v) is 4.96. The molecule has 2 fully saturated rings. The summed E-state index contributed by atoms with van der Waals surface area (Å²) in [6.45, 7) is 2.89. The lowest BCUT2D eigenvalue weighted by atomic mass is 10.1. The van der Waals surface area contributed by atoms with E-state index in [4.69, 9.17) is 4.42 Å². The zero-order valence-corrected chi connectivity index (χ0v) is 12.6. The van der Waals surface area contributed by atoms with Crippen molar-refractivity contribution >= 4 is 5.91 Å². The van der Waals surface area contributed by atoms with Gasteiger partial charge in [0.1, 0.15) is 0 Å². The molecule has 1 aromatic heterocycles. The molecule has 5 nitrogen and oxygen atoms in total. The van der Waals surface area contributed by atoms with E-state index in [9.17, 15) is 4.79 Å². The maximum atomic E-state index is 12.7. The van der Waals surface area contributed by atoms with Crippen molar-refractivity contribution in [3.63, 3.8) is 0 Å². The molecule has 2 atom stereocenters. The summed E-state index contributed by atoms with van der Waals surface area (Å²) in [5.41, 5.74) is 1.68. The number of likely N-dealkylation sites (N-methyl/N-ethyl adjacent to an activating group) is 1. The smallest absolute Gasteiger partial charge is 0.253 e. The molecule has 2 saturated heterocycles. The van der Waals surface area contributed by atoms with Crippen LogP contribution in [0.15, 0.2) is 41.3 Å². The van der Waals surface area contributed by atoms with E-state index in [1.807, 2.05) is 29.2 Å². The predicted octanol–water partition coefficient (Wildman–Crippen LogP) is 2.12. The molecule has 0 N–H and O–H groups in total. The minimum atomic E-state index is 0.131.